The number of nitrogens with one attached hydrogen (secondary N) is 1. The molecule has 0 aliphatic carbocycles. The monoisotopic (exact) mass is 300 g/mol. The lowest BCUT2D eigenvalue weighted by Crippen LogP contribution is -2.33. The molecule has 1 N–H and O–H groups in total. The number of rotatable bonds is 2. The summed E-state index contributed by atoms with van der Waals surface area (Å²) in [4.78, 5) is 2.40. The van der Waals surface area contributed by atoms with Crippen molar-refractivity contribution in [2.45, 2.75) is 25.9 Å². The van der Waals surface area contributed by atoms with Crippen molar-refractivity contribution in [3.8, 4) is 0 Å². The van der Waals surface area contributed by atoms with Crippen molar-refractivity contribution >= 4 is 15.9 Å². The van der Waals surface area contributed by atoms with Crippen LogP contribution in [0, 0.1) is 5.82 Å². The van der Waals surface area contributed by atoms with Crippen LogP contribution in [0.25, 0.3) is 0 Å². The van der Waals surface area contributed by atoms with Crippen LogP contribution in [0.15, 0.2) is 22.7 Å². The maximum atomic E-state index is 13.3. The fourth-order valence-electron chi connectivity index (χ4n) is 2.23. The van der Waals surface area contributed by atoms with E-state index in [1.54, 1.807) is 6.07 Å². The Morgan fingerprint density at radius 1 is 1.41 bits per heavy atom. The van der Waals surface area contributed by atoms with Crippen LogP contribution in [-0.4, -0.2) is 30.6 Å². The maximum absolute atomic E-state index is 13.3. The van der Waals surface area contributed by atoms with Gasteiger partial charge < -0.3 is 5.32 Å². The standard InChI is InChI=1S/C13H18BrFN2/c1-10-2-3-16-4-5-17(10)9-11-6-12(14)8-13(15)7-11/h6-8,10,16H,2-5,9H2,1H3. The molecule has 0 bridgehead atoms. The maximum Gasteiger partial charge on any atom is 0.124 e. The summed E-state index contributed by atoms with van der Waals surface area (Å²) in [5.74, 6) is -0.171. The molecular formula is C13H18BrFN2. The van der Waals surface area contributed by atoms with Gasteiger partial charge in [0.15, 0.2) is 0 Å². The molecule has 1 aliphatic heterocycles. The van der Waals surface area contributed by atoms with Crippen LogP contribution in [0.3, 0.4) is 0 Å². The first kappa shape index (κ1) is 13.0. The first-order valence-electron chi connectivity index (χ1n) is 6.05. The third-order valence-corrected chi connectivity index (χ3v) is 3.70. The van der Waals surface area contributed by atoms with Gasteiger partial charge in [0, 0.05) is 30.1 Å². The lowest BCUT2D eigenvalue weighted by Gasteiger charge is -2.26. The van der Waals surface area contributed by atoms with Gasteiger partial charge >= 0.3 is 0 Å². The van der Waals surface area contributed by atoms with Gasteiger partial charge in [-0.1, -0.05) is 15.9 Å². The van der Waals surface area contributed by atoms with Gasteiger partial charge in [-0.25, -0.2) is 4.39 Å². The van der Waals surface area contributed by atoms with Gasteiger partial charge in [-0.15, -0.1) is 0 Å². The van der Waals surface area contributed by atoms with E-state index >= 15 is 0 Å². The van der Waals surface area contributed by atoms with Crippen molar-refractivity contribution in [1.29, 1.82) is 0 Å². The van der Waals surface area contributed by atoms with Crippen LogP contribution in [0.1, 0.15) is 18.9 Å². The first-order valence-corrected chi connectivity index (χ1v) is 6.84. The van der Waals surface area contributed by atoms with Crippen molar-refractivity contribution < 1.29 is 4.39 Å². The minimum absolute atomic E-state index is 0.171. The molecule has 1 atom stereocenters. The number of benzene rings is 1. The second-order valence-corrected chi connectivity index (χ2v) is 5.55. The predicted molar refractivity (Wildman–Crippen MR) is 71.5 cm³/mol. The molecule has 94 valence electrons. The summed E-state index contributed by atoms with van der Waals surface area (Å²) in [6, 6.07) is 5.66. The van der Waals surface area contributed by atoms with E-state index < -0.39 is 0 Å². The SMILES string of the molecule is CC1CCNCCN1Cc1cc(F)cc(Br)c1. The van der Waals surface area contributed by atoms with Crippen LogP contribution in [-0.2, 0) is 6.54 Å². The van der Waals surface area contributed by atoms with Crippen LogP contribution in [0.5, 0.6) is 0 Å². The van der Waals surface area contributed by atoms with E-state index in [0.717, 1.165) is 42.6 Å². The fourth-order valence-corrected chi connectivity index (χ4v) is 2.75. The molecule has 1 fully saturated rings. The van der Waals surface area contributed by atoms with Crippen LogP contribution < -0.4 is 5.32 Å². The third-order valence-electron chi connectivity index (χ3n) is 3.25. The van der Waals surface area contributed by atoms with Crippen LogP contribution >= 0.6 is 15.9 Å². The average Bonchev–Trinajstić information content (AvgIpc) is 2.43. The minimum Gasteiger partial charge on any atom is -0.315 e. The van der Waals surface area contributed by atoms with Crippen LogP contribution in [0.2, 0.25) is 0 Å². The molecule has 4 heteroatoms. The average molecular weight is 301 g/mol. The van der Waals surface area contributed by atoms with Gasteiger partial charge in [0.05, 0.1) is 0 Å². The summed E-state index contributed by atoms with van der Waals surface area (Å²) >= 11 is 3.34. The molecule has 1 aromatic rings. The molecule has 1 aromatic carbocycles. The highest BCUT2D eigenvalue weighted by Crippen LogP contribution is 2.18. The van der Waals surface area contributed by atoms with Gasteiger partial charge in [-0.2, -0.15) is 0 Å². The number of hydrogen-bond donors (Lipinski definition) is 1. The van der Waals surface area contributed by atoms with E-state index in [4.69, 9.17) is 0 Å². The second-order valence-electron chi connectivity index (χ2n) is 4.64. The molecule has 2 rings (SSSR count). The minimum atomic E-state index is -0.171. The smallest absolute Gasteiger partial charge is 0.124 e. The largest absolute Gasteiger partial charge is 0.315 e. The van der Waals surface area contributed by atoms with E-state index in [-0.39, 0.29) is 5.82 Å². The van der Waals surface area contributed by atoms with Gasteiger partial charge in [0.2, 0.25) is 0 Å². The summed E-state index contributed by atoms with van der Waals surface area (Å²) in [6.45, 7) is 6.17. The Kier molecular flexibility index (Phi) is 4.54. The normalized spacial score (nSPS) is 22.4. The number of halogens is 2. The van der Waals surface area contributed by atoms with Gasteiger partial charge in [0.25, 0.3) is 0 Å². The quantitative estimate of drug-likeness (QED) is 0.903. The Hall–Kier alpha value is -0.450. The highest BCUT2D eigenvalue weighted by Gasteiger charge is 2.16. The van der Waals surface area contributed by atoms with E-state index in [1.807, 2.05) is 6.07 Å². The first-order chi connectivity index (χ1) is 8.15. The summed E-state index contributed by atoms with van der Waals surface area (Å²) < 4.78 is 14.1. The zero-order valence-corrected chi connectivity index (χ0v) is 11.6. The molecule has 1 saturated heterocycles. The van der Waals surface area contributed by atoms with Crippen molar-refractivity contribution in [3.05, 3.63) is 34.1 Å². The zero-order chi connectivity index (χ0) is 12.3. The molecule has 2 nitrogen and oxygen atoms in total. The molecule has 1 unspecified atom stereocenters. The predicted octanol–water partition coefficient (Wildman–Crippen LogP) is 2.77. The van der Waals surface area contributed by atoms with E-state index in [9.17, 15) is 4.39 Å². The molecular weight excluding hydrogens is 283 g/mol. The number of nitrogens with zero attached hydrogens (tertiary/aromatic N) is 1. The highest BCUT2D eigenvalue weighted by molar-refractivity contribution is 9.10. The molecule has 0 spiro atoms. The zero-order valence-electron chi connectivity index (χ0n) is 10.0. The van der Waals surface area contributed by atoms with Crippen molar-refractivity contribution in [2.75, 3.05) is 19.6 Å². The van der Waals surface area contributed by atoms with Crippen molar-refractivity contribution in [3.63, 3.8) is 0 Å². The summed E-state index contributed by atoms with van der Waals surface area (Å²) in [5, 5.41) is 3.39. The Labute approximate surface area is 110 Å². The molecule has 1 aliphatic rings. The third kappa shape index (κ3) is 3.76. The lowest BCUT2D eigenvalue weighted by molar-refractivity contribution is 0.211. The lowest BCUT2D eigenvalue weighted by atomic mass is 10.1. The Bertz CT molecular complexity index is 363. The van der Waals surface area contributed by atoms with Gasteiger partial charge in [-0.3, -0.25) is 4.90 Å². The molecule has 1 heterocycles. The second kappa shape index (κ2) is 5.94. The van der Waals surface area contributed by atoms with E-state index in [0.29, 0.717) is 6.04 Å². The Morgan fingerprint density at radius 3 is 3.00 bits per heavy atom. The highest BCUT2D eigenvalue weighted by atomic mass is 79.9. The van der Waals surface area contributed by atoms with Gasteiger partial charge in [0.1, 0.15) is 5.82 Å². The van der Waals surface area contributed by atoms with E-state index in [2.05, 4.69) is 33.1 Å². The summed E-state index contributed by atoms with van der Waals surface area (Å²) in [5.41, 5.74) is 1.03. The Balaban J connectivity index is 2.07. The fraction of sp³-hybridized carbons (Fsp3) is 0.538. The molecule has 0 radical (unpaired) electrons. The number of hydrogen-bond acceptors (Lipinski definition) is 2. The molecule has 0 saturated carbocycles. The van der Waals surface area contributed by atoms with Gasteiger partial charge in [-0.05, 0) is 43.7 Å². The topological polar surface area (TPSA) is 15.3 Å². The summed E-state index contributed by atoms with van der Waals surface area (Å²) in [6.07, 6.45) is 1.15. The van der Waals surface area contributed by atoms with Crippen molar-refractivity contribution in [1.82, 2.24) is 10.2 Å². The molecule has 0 amide bonds. The molecule has 17 heavy (non-hydrogen) atoms. The van der Waals surface area contributed by atoms with E-state index in [1.165, 1.54) is 6.07 Å². The van der Waals surface area contributed by atoms with Crippen molar-refractivity contribution in [2.24, 2.45) is 0 Å². The molecule has 0 aromatic heterocycles. The van der Waals surface area contributed by atoms with Crippen LogP contribution in [0.4, 0.5) is 4.39 Å². The Morgan fingerprint density at radius 2 is 2.24 bits per heavy atom. The summed E-state index contributed by atoms with van der Waals surface area (Å²) in [7, 11) is 0.